The number of hydrogen-bond donors (Lipinski definition) is 5. The van der Waals surface area contributed by atoms with Gasteiger partial charge in [0.15, 0.2) is 0 Å². The van der Waals surface area contributed by atoms with Crippen molar-refractivity contribution in [1.29, 1.82) is 0 Å². The monoisotopic (exact) mass is 444 g/mol. The Morgan fingerprint density at radius 1 is 0.935 bits per heavy atom. The molecule has 0 heterocycles. The second-order valence-corrected chi connectivity index (χ2v) is 7.84. The number of amides is 3. The highest BCUT2D eigenvalue weighted by Gasteiger charge is 2.30. The summed E-state index contributed by atoms with van der Waals surface area (Å²) in [6.07, 6.45) is 4.06. The van der Waals surface area contributed by atoms with E-state index in [1.165, 1.54) is 11.9 Å². The minimum Gasteiger partial charge on any atom is -0.481 e. The van der Waals surface area contributed by atoms with E-state index in [0.717, 1.165) is 25.7 Å². The zero-order valence-electron chi connectivity index (χ0n) is 18.6. The Morgan fingerprint density at radius 3 is 2.03 bits per heavy atom. The maximum Gasteiger partial charge on any atom is 0.326 e. The van der Waals surface area contributed by atoms with Crippen molar-refractivity contribution < 1.29 is 34.2 Å². The number of unbranched alkanes of at least 4 members (excludes halogenated alkanes) is 4. The van der Waals surface area contributed by atoms with Crippen LogP contribution in [0.15, 0.2) is 0 Å². The molecule has 0 bridgehead atoms. The van der Waals surface area contributed by atoms with Crippen LogP contribution in [-0.2, 0) is 24.0 Å². The Morgan fingerprint density at radius 2 is 1.52 bits per heavy atom. The van der Waals surface area contributed by atoms with Crippen LogP contribution in [0.1, 0.15) is 58.8 Å². The zero-order chi connectivity index (χ0) is 24.0. The van der Waals surface area contributed by atoms with Crippen LogP contribution < -0.4 is 16.4 Å². The Balaban J connectivity index is 4.72. The first-order chi connectivity index (χ1) is 14.5. The SMILES string of the molecule is CC(C)[C@H](NC(=O)[C@H](CC(=O)O)NC(=O)CN(C)C(=O)CCCCCCCN)C(=O)O. The van der Waals surface area contributed by atoms with Crippen LogP contribution in [0.3, 0.4) is 0 Å². The summed E-state index contributed by atoms with van der Waals surface area (Å²) in [7, 11) is 1.45. The molecule has 11 nitrogen and oxygen atoms in total. The molecule has 178 valence electrons. The minimum atomic E-state index is -1.46. The summed E-state index contributed by atoms with van der Waals surface area (Å²) in [6.45, 7) is 3.47. The first-order valence-corrected chi connectivity index (χ1v) is 10.5. The fraction of sp³-hybridized carbons (Fsp3) is 0.750. The second-order valence-electron chi connectivity index (χ2n) is 7.84. The lowest BCUT2D eigenvalue weighted by atomic mass is 10.0. The molecule has 0 rings (SSSR count). The molecule has 0 saturated heterocycles. The van der Waals surface area contributed by atoms with E-state index in [-0.39, 0.29) is 18.9 Å². The number of hydrogen-bond acceptors (Lipinski definition) is 6. The molecule has 0 aliphatic heterocycles. The topological polar surface area (TPSA) is 179 Å². The Kier molecular flexibility index (Phi) is 13.8. The highest BCUT2D eigenvalue weighted by atomic mass is 16.4. The molecule has 0 aromatic rings. The molecule has 0 saturated carbocycles. The van der Waals surface area contributed by atoms with E-state index in [4.69, 9.17) is 10.8 Å². The quantitative estimate of drug-likeness (QED) is 0.205. The predicted molar refractivity (Wildman–Crippen MR) is 113 cm³/mol. The van der Waals surface area contributed by atoms with Gasteiger partial charge in [0.2, 0.25) is 17.7 Å². The number of aliphatic carboxylic acids is 2. The number of likely N-dealkylation sites (N-methyl/N-ethyl adjacent to an activating group) is 1. The summed E-state index contributed by atoms with van der Waals surface area (Å²) in [5.41, 5.74) is 5.42. The molecule has 6 N–H and O–H groups in total. The second kappa shape index (κ2) is 15.2. The van der Waals surface area contributed by atoms with Crippen LogP contribution >= 0.6 is 0 Å². The number of nitrogens with zero attached hydrogens (tertiary/aromatic N) is 1. The van der Waals surface area contributed by atoms with Gasteiger partial charge < -0.3 is 31.5 Å². The lowest BCUT2D eigenvalue weighted by Crippen LogP contribution is -2.54. The molecule has 2 atom stereocenters. The number of nitrogens with one attached hydrogen (secondary N) is 2. The van der Waals surface area contributed by atoms with E-state index in [9.17, 15) is 29.1 Å². The Bertz CT molecular complexity index is 625. The highest BCUT2D eigenvalue weighted by molar-refractivity contribution is 5.94. The van der Waals surface area contributed by atoms with Gasteiger partial charge in [0.05, 0.1) is 13.0 Å². The molecule has 0 aliphatic carbocycles. The van der Waals surface area contributed by atoms with Crippen molar-refractivity contribution in [3.8, 4) is 0 Å². The van der Waals surface area contributed by atoms with E-state index in [0.29, 0.717) is 13.0 Å². The third kappa shape index (κ3) is 12.6. The summed E-state index contributed by atoms with van der Waals surface area (Å²) < 4.78 is 0. The zero-order valence-corrected chi connectivity index (χ0v) is 18.6. The molecule has 0 radical (unpaired) electrons. The van der Waals surface area contributed by atoms with Gasteiger partial charge >= 0.3 is 11.9 Å². The first kappa shape index (κ1) is 28.3. The standard InChI is InChI=1S/C20H36N4O7/c1-13(2)18(20(30)31)23-19(29)14(11-17(27)28)22-15(25)12-24(3)16(26)9-7-5-4-6-8-10-21/h13-14,18H,4-12,21H2,1-3H3,(H,22,25)(H,23,29)(H,27,28)(H,30,31)/t14-,18-/m0/s1. The average molecular weight is 445 g/mol. The van der Waals surface area contributed by atoms with Crippen LogP contribution in [0.4, 0.5) is 0 Å². The van der Waals surface area contributed by atoms with Crippen molar-refractivity contribution in [3.05, 3.63) is 0 Å². The minimum absolute atomic E-state index is 0.237. The average Bonchev–Trinajstić information content (AvgIpc) is 2.66. The van der Waals surface area contributed by atoms with Gasteiger partial charge in [0.25, 0.3) is 0 Å². The summed E-state index contributed by atoms with van der Waals surface area (Å²) >= 11 is 0. The smallest absolute Gasteiger partial charge is 0.326 e. The van der Waals surface area contributed by atoms with Gasteiger partial charge in [-0.2, -0.15) is 0 Å². The Hall–Kier alpha value is -2.69. The normalized spacial score (nSPS) is 12.7. The number of carbonyl (C=O) groups excluding carboxylic acids is 3. The van der Waals surface area contributed by atoms with Crippen molar-refractivity contribution >= 4 is 29.7 Å². The molecule has 3 amide bonds. The van der Waals surface area contributed by atoms with Crippen molar-refractivity contribution in [3.63, 3.8) is 0 Å². The fourth-order valence-corrected chi connectivity index (χ4v) is 2.84. The number of rotatable bonds is 16. The van der Waals surface area contributed by atoms with Crippen LogP contribution in [-0.4, -0.2) is 77.0 Å². The van der Waals surface area contributed by atoms with Crippen LogP contribution in [0.2, 0.25) is 0 Å². The molecule has 0 aliphatic rings. The van der Waals surface area contributed by atoms with Gasteiger partial charge in [0, 0.05) is 13.5 Å². The third-order valence-corrected chi connectivity index (χ3v) is 4.66. The summed E-state index contributed by atoms with van der Waals surface area (Å²) in [6, 6.07) is -2.69. The van der Waals surface area contributed by atoms with Crippen LogP contribution in [0, 0.1) is 5.92 Å². The molecular weight excluding hydrogens is 408 g/mol. The number of carboxylic acids is 2. The van der Waals surface area contributed by atoms with E-state index in [1.54, 1.807) is 13.8 Å². The van der Waals surface area contributed by atoms with Gasteiger partial charge in [-0.15, -0.1) is 0 Å². The van der Waals surface area contributed by atoms with E-state index in [2.05, 4.69) is 10.6 Å². The predicted octanol–water partition coefficient (Wildman–Crippen LogP) is -0.0710. The van der Waals surface area contributed by atoms with Gasteiger partial charge in [-0.05, 0) is 25.3 Å². The summed E-state index contributed by atoms with van der Waals surface area (Å²) in [5, 5.41) is 22.7. The molecule has 31 heavy (non-hydrogen) atoms. The molecule has 0 fully saturated rings. The molecular formula is C20H36N4O7. The molecule has 11 heteroatoms. The van der Waals surface area contributed by atoms with Crippen molar-refractivity contribution in [2.24, 2.45) is 11.7 Å². The van der Waals surface area contributed by atoms with Crippen molar-refractivity contribution in [2.75, 3.05) is 20.1 Å². The number of carboxylic acid groups (broad SMARTS) is 2. The maximum atomic E-state index is 12.4. The maximum absolute atomic E-state index is 12.4. The van der Waals surface area contributed by atoms with Gasteiger partial charge in [-0.25, -0.2) is 4.79 Å². The lowest BCUT2D eigenvalue weighted by Gasteiger charge is -2.23. The molecule has 0 unspecified atom stereocenters. The van der Waals surface area contributed by atoms with E-state index < -0.39 is 48.2 Å². The van der Waals surface area contributed by atoms with Crippen molar-refractivity contribution in [2.45, 2.75) is 70.9 Å². The van der Waals surface area contributed by atoms with E-state index >= 15 is 0 Å². The fourth-order valence-electron chi connectivity index (χ4n) is 2.84. The van der Waals surface area contributed by atoms with Gasteiger partial charge in [-0.1, -0.05) is 33.1 Å². The third-order valence-electron chi connectivity index (χ3n) is 4.66. The number of nitrogens with two attached hydrogens (primary N) is 1. The summed E-state index contributed by atoms with van der Waals surface area (Å²) in [5.74, 6) is -4.91. The molecule has 0 aromatic carbocycles. The van der Waals surface area contributed by atoms with E-state index in [1.807, 2.05) is 0 Å². The van der Waals surface area contributed by atoms with Gasteiger partial charge in [-0.3, -0.25) is 19.2 Å². The molecule has 0 spiro atoms. The van der Waals surface area contributed by atoms with Crippen molar-refractivity contribution in [1.82, 2.24) is 15.5 Å². The summed E-state index contributed by atoms with van der Waals surface area (Å²) in [4.78, 5) is 60.3. The molecule has 0 aromatic heterocycles. The highest BCUT2D eigenvalue weighted by Crippen LogP contribution is 2.07. The first-order valence-electron chi connectivity index (χ1n) is 10.5. The van der Waals surface area contributed by atoms with Crippen LogP contribution in [0.25, 0.3) is 0 Å². The van der Waals surface area contributed by atoms with Gasteiger partial charge in [0.1, 0.15) is 12.1 Å². The lowest BCUT2D eigenvalue weighted by molar-refractivity contribution is -0.144. The Labute approximate surface area is 182 Å². The van der Waals surface area contributed by atoms with Crippen LogP contribution in [0.5, 0.6) is 0 Å². The largest absolute Gasteiger partial charge is 0.481 e. The number of carbonyl (C=O) groups is 5.